The van der Waals surface area contributed by atoms with Crippen LogP contribution in [0.5, 0.6) is 0 Å². The average Bonchev–Trinajstić information content (AvgIpc) is 2.24. The van der Waals surface area contributed by atoms with Crippen molar-refractivity contribution in [3.63, 3.8) is 0 Å². The van der Waals surface area contributed by atoms with E-state index in [-0.39, 0.29) is 17.1 Å². The van der Waals surface area contributed by atoms with E-state index in [0.29, 0.717) is 11.6 Å². The van der Waals surface area contributed by atoms with Gasteiger partial charge < -0.3 is 10.0 Å². The molecular formula is C11H11Cl2NO3. The minimum Gasteiger partial charge on any atom is -0.480 e. The molecule has 1 N–H and O–H groups in total. The van der Waals surface area contributed by atoms with Crippen LogP contribution in [0.2, 0.25) is 10.0 Å². The van der Waals surface area contributed by atoms with Gasteiger partial charge >= 0.3 is 5.97 Å². The lowest BCUT2D eigenvalue weighted by molar-refractivity contribution is -0.137. The summed E-state index contributed by atoms with van der Waals surface area (Å²) in [5.74, 6) is -1.48. The Hall–Kier alpha value is -1.26. The van der Waals surface area contributed by atoms with Crippen LogP contribution in [0.3, 0.4) is 0 Å². The largest absolute Gasteiger partial charge is 0.480 e. The van der Waals surface area contributed by atoms with Crippen LogP contribution in [0, 0.1) is 0 Å². The Labute approximate surface area is 109 Å². The highest BCUT2D eigenvalue weighted by Gasteiger charge is 2.19. The predicted molar refractivity (Wildman–Crippen MR) is 65.7 cm³/mol. The third-order valence-corrected chi connectivity index (χ3v) is 2.70. The summed E-state index contributed by atoms with van der Waals surface area (Å²) in [6, 6.07) is 4.47. The Balaban J connectivity index is 2.97. The molecule has 4 nitrogen and oxygen atoms in total. The molecule has 0 saturated heterocycles. The molecule has 0 atom stereocenters. The molecular weight excluding hydrogens is 265 g/mol. The molecule has 92 valence electrons. The smallest absolute Gasteiger partial charge is 0.323 e. The molecule has 1 amide bonds. The Morgan fingerprint density at radius 3 is 2.47 bits per heavy atom. The predicted octanol–water partition coefficient (Wildman–Crippen LogP) is 2.54. The normalized spacial score (nSPS) is 10.1. The first-order valence-corrected chi connectivity index (χ1v) is 5.67. The number of nitrogens with zero attached hydrogens (tertiary/aromatic N) is 1. The Morgan fingerprint density at radius 1 is 1.35 bits per heavy atom. The van der Waals surface area contributed by atoms with Crippen LogP contribution in [0.1, 0.15) is 17.3 Å². The number of carboxylic acids is 1. The topological polar surface area (TPSA) is 57.6 Å². The number of likely N-dealkylation sites (N-methyl/N-ethyl adjacent to an activating group) is 1. The Morgan fingerprint density at radius 2 is 2.00 bits per heavy atom. The molecule has 0 unspecified atom stereocenters. The molecule has 0 aliphatic carbocycles. The fourth-order valence-corrected chi connectivity index (χ4v) is 1.81. The van der Waals surface area contributed by atoms with Gasteiger partial charge in [-0.15, -0.1) is 0 Å². The van der Waals surface area contributed by atoms with Crippen molar-refractivity contribution >= 4 is 35.1 Å². The van der Waals surface area contributed by atoms with Gasteiger partial charge in [-0.2, -0.15) is 0 Å². The van der Waals surface area contributed by atoms with Crippen LogP contribution in [-0.4, -0.2) is 35.0 Å². The second-order valence-corrected chi connectivity index (χ2v) is 4.18. The van der Waals surface area contributed by atoms with Gasteiger partial charge in [0.1, 0.15) is 6.54 Å². The number of carboxylic acid groups (broad SMARTS) is 1. The monoisotopic (exact) mass is 275 g/mol. The van der Waals surface area contributed by atoms with E-state index in [2.05, 4.69) is 0 Å². The maximum Gasteiger partial charge on any atom is 0.323 e. The summed E-state index contributed by atoms with van der Waals surface area (Å²) >= 11 is 11.6. The summed E-state index contributed by atoms with van der Waals surface area (Å²) in [6.07, 6.45) is 0. The van der Waals surface area contributed by atoms with Crippen molar-refractivity contribution in [2.75, 3.05) is 13.1 Å². The molecule has 0 saturated carbocycles. The molecule has 1 rings (SSSR count). The standard InChI is InChI=1S/C11H11Cl2NO3/c1-2-14(6-10(15)16)11(17)8-4-3-7(12)5-9(8)13/h3-5H,2,6H2,1H3,(H,15,16). The van der Waals surface area contributed by atoms with Gasteiger partial charge in [-0.05, 0) is 25.1 Å². The fraction of sp³-hybridized carbons (Fsp3) is 0.273. The zero-order valence-corrected chi connectivity index (χ0v) is 10.6. The molecule has 0 radical (unpaired) electrons. The molecule has 17 heavy (non-hydrogen) atoms. The summed E-state index contributed by atoms with van der Waals surface area (Å²) in [7, 11) is 0. The van der Waals surface area contributed by atoms with Gasteiger partial charge in [-0.1, -0.05) is 23.2 Å². The number of hydrogen-bond donors (Lipinski definition) is 1. The lowest BCUT2D eigenvalue weighted by Gasteiger charge is -2.19. The van der Waals surface area contributed by atoms with Crippen LogP contribution < -0.4 is 0 Å². The van der Waals surface area contributed by atoms with Gasteiger partial charge in [0.25, 0.3) is 5.91 Å². The molecule has 0 aliphatic rings. The molecule has 0 spiro atoms. The van der Waals surface area contributed by atoms with Gasteiger partial charge in [0.15, 0.2) is 0 Å². The Bertz CT molecular complexity index is 448. The zero-order valence-electron chi connectivity index (χ0n) is 9.11. The van der Waals surface area contributed by atoms with Gasteiger partial charge in [-0.3, -0.25) is 9.59 Å². The molecule has 0 aromatic heterocycles. The van der Waals surface area contributed by atoms with Crippen molar-refractivity contribution in [2.45, 2.75) is 6.92 Å². The van der Waals surface area contributed by atoms with Crippen molar-refractivity contribution in [1.82, 2.24) is 4.90 Å². The average molecular weight is 276 g/mol. The summed E-state index contributed by atoms with van der Waals surface area (Å²) in [5, 5.41) is 9.31. The van der Waals surface area contributed by atoms with E-state index in [1.54, 1.807) is 6.92 Å². The number of benzene rings is 1. The zero-order chi connectivity index (χ0) is 13.0. The van der Waals surface area contributed by atoms with Crippen molar-refractivity contribution in [1.29, 1.82) is 0 Å². The number of carbonyl (C=O) groups is 2. The first-order chi connectivity index (χ1) is 7.95. The third-order valence-electron chi connectivity index (χ3n) is 2.16. The van der Waals surface area contributed by atoms with Crippen molar-refractivity contribution in [2.24, 2.45) is 0 Å². The SMILES string of the molecule is CCN(CC(=O)O)C(=O)c1ccc(Cl)cc1Cl. The van der Waals surface area contributed by atoms with Crippen molar-refractivity contribution < 1.29 is 14.7 Å². The highest BCUT2D eigenvalue weighted by atomic mass is 35.5. The first-order valence-electron chi connectivity index (χ1n) is 4.91. The molecule has 1 aromatic rings. The lowest BCUT2D eigenvalue weighted by atomic mass is 10.2. The minimum atomic E-state index is -1.06. The van der Waals surface area contributed by atoms with E-state index in [9.17, 15) is 9.59 Å². The third kappa shape index (κ3) is 3.61. The highest BCUT2D eigenvalue weighted by Crippen LogP contribution is 2.22. The number of rotatable bonds is 4. The van der Waals surface area contributed by atoms with Crippen molar-refractivity contribution in [3.05, 3.63) is 33.8 Å². The van der Waals surface area contributed by atoms with E-state index in [1.165, 1.54) is 23.1 Å². The number of amides is 1. The van der Waals surface area contributed by atoms with Gasteiger partial charge in [0.05, 0.1) is 10.6 Å². The van der Waals surface area contributed by atoms with Crippen molar-refractivity contribution in [3.8, 4) is 0 Å². The maximum absolute atomic E-state index is 12.0. The molecule has 0 aliphatic heterocycles. The quantitative estimate of drug-likeness (QED) is 0.919. The fourth-order valence-electron chi connectivity index (χ4n) is 1.32. The first kappa shape index (κ1) is 13.8. The summed E-state index contributed by atoms with van der Waals surface area (Å²) in [5.41, 5.74) is 0.249. The Kier molecular flexibility index (Phi) is 4.78. The molecule has 1 aromatic carbocycles. The van der Waals surface area contributed by atoms with E-state index >= 15 is 0 Å². The number of aliphatic carboxylic acids is 1. The van der Waals surface area contributed by atoms with E-state index in [0.717, 1.165) is 0 Å². The van der Waals surface area contributed by atoms with Crippen LogP contribution in [0.25, 0.3) is 0 Å². The summed E-state index contributed by atoms with van der Waals surface area (Å²) < 4.78 is 0. The lowest BCUT2D eigenvalue weighted by Crippen LogP contribution is -2.35. The van der Waals surface area contributed by atoms with Crippen LogP contribution in [-0.2, 0) is 4.79 Å². The molecule has 0 bridgehead atoms. The number of halogens is 2. The van der Waals surface area contributed by atoms with Gasteiger partial charge in [0.2, 0.25) is 0 Å². The van der Waals surface area contributed by atoms with Crippen LogP contribution in [0.15, 0.2) is 18.2 Å². The second kappa shape index (κ2) is 5.89. The molecule has 0 fully saturated rings. The van der Waals surface area contributed by atoms with Crippen LogP contribution >= 0.6 is 23.2 Å². The molecule has 6 heteroatoms. The molecule has 0 heterocycles. The maximum atomic E-state index is 12.0. The summed E-state index contributed by atoms with van der Waals surface area (Å²) in [6.45, 7) is 1.64. The number of hydrogen-bond acceptors (Lipinski definition) is 2. The van der Waals surface area contributed by atoms with Gasteiger partial charge in [0, 0.05) is 11.6 Å². The van der Waals surface area contributed by atoms with E-state index < -0.39 is 11.9 Å². The number of carbonyl (C=O) groups excluding carboxylic acids is 1. The second-order valence-electron chi connectivity index (χ2n) is 3.34. The highest BCUT2D eigenvalue weighted by molar-refractivity contribution is 6.36. The minimum absolute atomic E-state index is 0.214. The van der Waals surface area contributed by atoms with E-state index in [4.69, 9.17) is 28.3 Å². The summed E-state index contributed by atoms with van der Waals surface area (Å²) in [4.78, 5) is 23.8. The van der Waals surface area contributed by atoms with Crippen LogP contribution in [0.4, 0.5) is 0 Å². The van der Waals surface area contributed by atoms with E-state index in [1.807, 2.05) is 0 Å². The van der Waals surface area contributed by atoms with Gasteiger partial charge in [-0.25, -0.2) is 0 Å².